The largest absolute Gasteiger partial charge is 0.477 e. The summed E-state index contributed by atoms with van der Waals surface area (Å²) in [5.41, 5.74) is -1.97. The highest BCUT2D eigenvalue weighted by atomic mass is 16.5. The predicted molar refractivity (Wildman–Crippen MR) is 58.3 cm³/mol. The number of rotatable bonds is 1. The van der Waals surface area contributed by atoms with E-state index in [4.69, 9.17) is 9.84 Å². The summed E-state index contributed by atoms with van der Waals surface area (Å²) in [6.07, 6.45) is 0. The van der Waals surface area contributed by atoms with Gasteiger partial charge >= 0.3 is 11.7 Å². The monoisotopic (exact) mass is 243 g/mol. The van der Waals surface area contributed by atoms with Gasteiger partial charge in [-0.3, -0.25) is 9.78 Å². The third-order valence-corrected chi connectivity index (χ3v) is 1.84. The second-order valence-corrected chi connectivity index (χ2v) is 3.17. The van der Waals surface area contributed by atoms with Crippen molar-refractivity contribution in [1.82, 2.24) is 15.3 Å². The van der Waals surface area contributed by atoms with E-state index < -0.39 is 22.9 Å². The molecule has 0 spiro atoms. The van der Waals surface area contributed by atoms with E-state index in [1.54, 1.807) is 0 Å². The van der Waals surface area contributed by atoms with Crippen LogP contribution in [0.5, 0.6) is 0 Å². The van der Waals surface area contributed by atoms with Crippen molar-refractivity contribution >= 4 is 5.97 Å². The van der Waals surface area contributed by atoms with Gasteiger partial charge in [-0.05, 0) is 0 Å². The van der Waals surface area contributed by atoms with E-state index in [-0.39, 0.29) is 0 Å². The lowest BCUT2D eigenvalue weighted by Gasteiger charge is -2.10. The van der Waals surface area contributed by atoms with Crippen LogP contribution in [0.1, 0.15) is 10.5 Å². The Bertz CT molecular complexity index is 434. The van der Waals surface area contributed by atoms with Gasteiger partial charge in [-0.1, -0.05) is 0 Å². The van der Waals surface area contributed by atoms with Crippen LogP contribution in [-0.4, -0.2) is 47.3 Å². The number of aromatic nitrogens is 2. The molecular formula is C9H13N3O5. The van der Waals surface area contributed by atoms with Crippen LogP contribution < -0.4 is 16.6 Å². The standard InChI is InChI=1S/C5H4N2O4.C4H9NO/c8-3-1-2(4(9)10)6-5(11)7-3;1-3-6-4-2-5-1/h1H,(H,9,10)(H2,6,7,8,11);5H,1-4H2. The molecule has 94 valence electrons. The Morgan fingerprint density at radius 3 is 2.24 bits per heavy atom. The summed E-state index contributed by atoms with van der Waals surface area (Å²) in [6, 6.07) is 0.795. The van der Waals surface area contributed by atoms with Crippen molar-refractivity contribution in [2.75, 3.05) is 26.3 Å². The van der Waals surface area contributed by atoms with Gasteiger partial charge in [0.2, 0.25) is 0 Å². The summed E-state index contributed by atoms with van der Waals surface area (Å²) in [5, 5.41) is 11.5. The van der Waals surface area contributed by atoms with E-state index in [0.29, 0.717) is 0 Å². The third kappa shape index (κ3) is 5.09. The number of carboxylic acids is 1. The summed E-state index contributed by atoms with van der Waals surface area (Å²) >= 11 is 0. The first kappa shape index (κ1) is 13.1. The van der Waals surface area contributed by atoms with E-state index in [1.807, 2.05) is 9.97 Å². The fourth-order valence-electron chi connectivity index (χ4n) is 1.10. The first-order valence-electron chi connectivity index (χ1n) is 4.95. The molecule has 0 aromatic carbocycles. The molecule has 17 heavy (non-hydrogen) atoms. The molecule has 0 bridgehead atoms. The van der Waals surface area contributed by atoms with Crippen molar-refractivity contribution in [3.63, 3.8) is 0 Å². The lowest BCUT2D eigenvalue weighted by molar-refractivity contribution is 0.0689. The predicted octanol–water partition coefficient (Wildman–Crippen LogP) is -1.63. The van der Waals surface area contributed by atoms with Gasteiger partial charge in [0, 0.05) is 19.2 Å². The van der Waals surface area contributed by atoms with Gasteiger partial charge in [0.1, 0.15) is 5.69 Å². The quantitative estimate of drug-likeness (QED) is 0.469. The number of morpholine rings is 1. The van der Waals surface area contributed by atoms with Gasteiger partial charge < -0.3 is 20.1 Å². The minimum atomic E-state index is -1.34. The molecule has 0 aliphatic carbocycles. The molecule has 4 N–H and O–H groups in total. The van der Waals surface area contributed by atoms with Crippen molar-refractivity contribution in [3.8, 4) is 0 Å². The second kappa shape index (κ2) is 6.61. The maximum atomic E-state index is 10.5. The molecule has 1 fully saturated rings. The highest BCUT2D eigenvalue weighted by Crippen LogP contribution is 1.81. The van der Waals surface area contributed by atoms with E-state index in [1.165, 1.54) is 0 Å². The van der Waals surface area contributed by atoms with Crippen molar-refractivity contribution in [2.45, 2.75) is 0 Å². The van der Waals surface area contributed by atoms with Gasteiger partial charge in [0.05, 0.1) is 13.2 Å². The molecule has 1 aliphatic rings. The summed E-state index contributed by atoms with van der Waals surface area (Å²) < 4.78 is 5.01. The summed E-state index contributed by atoms with van der Waals surface area (Å²) in [7, 11) is 0. The normalized spacial score (nSPS) is 14.6. The second-order valence-electron chi connectivity index (χ2n) is 3.17. The van der Waals surface area contributed by atoms with E-state index in [9.17, 15) is 14.4 Å². The molecule has 0 radical (unpaired) electrons. The third-order valence-electron chi connectivity index (χ3n) is 1.84. The van der Waals surface area contributed by atoms with Crippen LogP contribution in [-0.2, 0) is 4.74 Å². The van der Waals surface area contributed by atoms with Crippen molar-refractivity contribution < 1.29 is 14.6 Å². The van der Waals surface area contributed by atoms with Crippen LogP contribution in [0.15, 0.2) is 15.7 Å². The van der Waals surface area contributed by atoms with Gasteiger partial charge in [-0.2, -0.15) is 0 Å². The highest BCUT2D eigenvalue weighted by molar-refractivity contribution is 5.84. The van der Waals surface area contributed by atoms with Gasteiger partial charge in [-0.25, -0.2) is 9.59 Å². The van der Waals surface area contributed by atoms with Gasteiger partial charge in [0.25, 0.3) is 5.56 Å². The van der Waals surface area contributed by atoms with Gasteiger partial charge in [0.15, 0.2) is 0 Å². The molecule has 2 heterocycles. The van der Waals surface area contributed by atoms with E-state index >= 15 is 0 Å². The zero-order valence-corrected chi connectivity index (χ0v) is 8.99. The molecule has 0 atom stereocenters. The van der Waals surface area contributed by atoms with Crippen molar-refractivity contribution in [3.05, 3.63) is 32.6 Å². The Labute approximate surface area is 95.6 Å². The molecule has 0 unspecified atom stereocenters. The SMILES string of the molecule is C1COCCN1.O=C(O)c1cc(=O)[nH]c(=O)[nH]1. The van der Waals surface area contributed by atoms with Crippen molar-refractivity contribution in [1.29, 1.82) is 0 Å². The minimum absolute atomic E-state index is 0.418. The maximum Gasteiger partial charge on any atom is 0.352 e. The van der Waals surface area contributed by atoms with Crippen LogP contribution in [0.25, 0.3) is 0 Å². The molecule has 2 rings (SSSR count). The summed E-state index contributed by atoms with van der Waals surface area (Å²) in [5.74, 6) is -1.34. The Balaban J connectivity index is 0.000000202. The molecular weight excluding hydrogens is 230 g/mol. The molecule has 8 nitrogen and oxygen atoms in total. The lowest BCUT2D eigenvalue weighted by Crippen LogP contribution is -2.30. The minimum Gasteiger partial charge on any atom is -0.477 e. The number of hydrogen-bond acceptors (Lipinski definition) is 5. The molecule has 1 aromatic rings. The first-order chi connectivity index (χ1) is 8.09. The van der Waals surface area contributed by atoms with E-state index in [2.05, 4.69) is 5.32 Å². The maximum absolute atomic E-state index is 10.5. The Morgan fingerprint density at radius 1 is 1.24 bits per heavy atom. The van der Waals surface area contributed by atoms with Crippen molar-refractivity contribution in [2.24, 2.45) is 0 Å². The number of carboxylic acid groups (broad SMARTS) is 1. The first-order valence-corrected chi connectivity index (χ1v) is 4.95. The van der Waals surface area contributed by atoms with Crippen LogP contribution >= 0.6 is 0 Å². The zero-order chi connectivity index (χ0) is 12.7. The van der Waals surface area contributed by atoms with Crippen LogP contribution in [0.4, 0.5) is 0 Å². The van der Waals surface area contributed by atoms with Crippen LogP contribution in [0.2, 0.25) is 0 Å². The lowest BCUT2D eigenvalue weighted by atomic mass is 10.4. The molecule has 1 aromatic heterocycles. The fourth-order valence-corrected chi connectivity index (χ4v) is 1.10. The van der Waals surface area contributed by atoms with Crippen LogP contribution in [0.3, 0.4) is 0 Å². The Hall–Kier alpha value is -1.93. The van der Waals surface area contributed by atoms with Crippen LogP contribution in [0, 0.1) is 0 Å². The number of aromatic amines is 2. The molecule has 1 saturated heterocycles. The number of ether oxygens (including phenoxy) is 1. The molecule has 0 amide bonds. The smallest absolute Gasteiger partial charge is 0.352 e. The van der Waals surface area contributed by atoms with E-state index in [0.717, 1.165) is 32.4 Å². The fraction of sp³-hybridized carbons (Fsp3) is 0.444. The Kier molecular flexibility index (Phi) is 5.11. The molecule has 1 aliphatic heterocycles. The van der Waals surface area contributed by atoms with Gasteiger partial charge in [-0.15, -0.1) is 0 Å². The zero-order valence-electron chi connectivity index (χ0n) is 8.99. The molecule has 8 heteroatoms. The average molecular weight is 243 g/mol. The molecule has 0 saturated carbocycles. The summed E-state index contributed by atoms with van der Waals surface area (Å²) in [6.45, 7) is 3.83. The summed E-state index contributed by atoms with van der Waals surface area (Å²) in [4.78, 5) is 34.9. The Morgan fingerprint density at radius 2 is 1.88 bits per heavy atom. The number of nitrogens with one attached hydrogen (secondary N) is 3. The average Bonchev–Trinajstić information content (AvgIpc) is 2.31. The number of carbonyl (C=O) groups is 1. The highest BCUT2D eigenvalue weighted by Gasteiger charge is 2.03. The topological polar surface area (TPSA) is 124 Å². The number of hydrogen-bond donors (Lipinski definition) is 4. The number of aromatic carboxylic acids is 1. The number of H-pyrrole nitrogens is 2.